The van der Waals surface area contributed by atoms with Crippen LogP contribution in [0.15, 0.2) is 36.5 Å². The summed E-state index contributed by atoms with van der Waals surface area (Å²) < 4.78 is 4.85. The van der Waals surface area contributed by atoms with Gasteiger partial charge in [-0.25, -0.2) is 0 Å². The first-order chi connectivity index (χ1) is 11.2. The van der Waals surface area contributed by atoms with E-state index in [4.69, 9.17) is 4.74 Å². The van der Waals surface area contributed by atoms with Crippen molar-refractivity contribution in [1.29, 1.82) is 0 Å². The highest BCUT2D eigenvalue weighted by atomic mass is 16.5. The molecule has 118 valence electrons. The molecule has 0 bridgehead atoms. The van der Waals surface area contributed by atoms with E-state index >= 15 is 0 Å². The number of carbonyl (C=O) groups is 2. The Labute approximate surface area is 133 Å². The fourth-order valence-corrected chi connectivity index (χ4v) is 2.42. The molecule has 2 aromatic rings. The summed E-state index contributed by atoms with van der Waals surface area (Å²) in [5, 5.41) is 5.80. The molecule has 1 aliphatic rings. The van der Waals surface area contributed by atoms with E-state index < -0.39 is 0 Å². The van der Waals surface area contributed by atoms with Crippen LogP contribution in [-0.4, -0.2) is 30.0 Å². The van der Waals surface area contributed by atoms with E-state index in [9.17, 15) is 9.59 Å². The fraction of sp³-hybridized carbons (Fsp3) is 0.176. The number of aromatic amines is 1. The minimum atomic E-state index is -0.308. The maximum atomic E-state index is 12.1. The quantitative estimate of drug-likeness (QED) is 0.585. The highest BCUT2D eigenvalue weighted by Crippen LogP contribution is 2.32. The highest BCUT2D eigenvalue weighted by molar-refractivity contribution is 6.34. The lowest BCUT2D eigenvalue weighted by Gasteiger charge is -2.02. The van der Waals surface area contributed by atoms with Crippen molar-refractivity contribution in [2.45, 2.75) is 6.92 Å². The van der Waals surface area contributed by atoms with E-state index in [2.05, 4.69) is 15.6 Å². The second-order valence-corrected chi connectivity index (χ2v) is 5.06. The minimum Gasteiger partial charge on any atom is -0.465 e. The van der Waals surface area contributed by atoms with Crippen molar-refractivity contribution >= 4 is 34.9 Å². The number of anilines is 2. The molecule has 2 heterocycles. The first kappa shape index (κ1) is 14.9. The first-order valence-electron chi connectivity index (χ1n) is 7.37. The number of esters is 1. The summed E-state index contributed by atoms with van der Waals surface area (Å²) in [6.45, 7) is 2.23. The van der Waals surface area contributed by atoms with Gasteiger partial charge in [0, 0.05) is 23.1 Å². The molecule has 3 rings (SSSR count). The molecule has 0 saturated heterocycles. The lowest BCUT2D eigenvalue weighted by atomic mass is 10.1. The van der Waals surface area contributed by atoms with E-state index in [1.807, 2.05) is 30.3 Å². The second-order valence-electron chi connectivity index (χ2n) is 5.06. The van der Waals surface area contributed by atoms with Gasteiger partial charge in [-0.05, 0) is 25.1 Å². The van der Waals surface area contributed by atoms with E-state index in [0.717, 1.165) is 22.6 Å². The van der Waals surface area contributed by atoms with Crippen LogP contribution in [0.3, 0.4) is 0 Å². The van der Waals surface area contributed by atoms with Gasteiger partial charge in [-0.2, -0.15) is 0 Å². The summed E-state index contributed by atoms with van der Waals surface area (Å²) in [7, 11) is 0. The van der Waals surface area contributed by atoms with Gasteiger partial charge in [0.25, 0.3) is 5.91 Å². The summed E-state index contributed by atoms with van der Waals surface area (Å²) in [4.78, 5) is 26.5. The Morgan fingerprint density at radius 2 is 2.17 bits per heavy atom. The van der Waals surface area contributed by atoms with Crippen LogP contribution >= 0.6 is 0 Å². The molecule has 1 aromatic carbocycles. The van der Waals surface area contributed by atoms with Gasteiger partial charge >= 0.3 is 5.97 Å². The SMILES string of the molecule is CCOC(=O)CNc1c[nH]c(/C=C2\C(=O)Nc3ccccc32)c1. The van der Waals surface area contributed by atoms with Gasteiger partial charge in [0.05, 0.1) is 17.9 Å². The first-order valence-corrected chi connectivity index (χ1v) is 7.37. The number of rotatable bonds is 5. The Bertz CT molecular complexity index is 777. The number of nitrogens with one attached hydrogen (secondary N) is 3. The largest absolute Gasteiger partial charge is 0.465 e. The van der Waals surface area contributed by atoms with Crippen LogP contribution in [0.5, 0.6) is 0 Å². The Balaban J connectivity index is 1.74. The number of H-pyrrole nitrogens is 1. The maximum Gasteiger partial charge on any atom is 0.325 e. The van der Waals surface area contributed by atoms with Gasteiger partial charge < -0.3 is 20.4 Å². The molecule has 0 aliphatic carbocycles. The van der Waals surface area contributed by atoms with Crippen molar-refractivity contribution in [3.8, 4) is 0 Å². The van der Waals surface area contributed by atoms with Gasteiger partial charge in [-0.1, -0.05) is 18.2 Å². The average molecular weight is 311 g/mol. The Morgan fingerprint density at radius 1 is 1.35 bits per heavy atom. The van der Waals surface area contributed by atoms with Gasteiger partial charge in [-0.3, -0.25) is 9.59 Å². The van der Waals surface area contributed by atoms with E-state index in [0.29, 0.717) is 12.2 Å². The second kappa shape index (κ2) is 6.39. The zero-order valence-corrected chi connectivity index (χ0v) is 12.7. The highest BCUT2D eigenvalue weighted by Gasteiger charge is 2.23. The predicted molar refractivity (Wildman–Crippen MR) is 88.9 cm³/mol. The van der Waals surface area contributed by atoms with E-state index in [-0.39, 0.29) is 18.4 Å². The van der Waals surface area contributed by atoms with Crippen LogP contribution in [0, 0.1) is 0 Å². The van der Waals surface area contributed by atoms with Gasteiger partial charge in [0.2, 0.25) is 0 Å². The summed E-state index contributed by atoms with van der Waals surface area (Å²) >= 11 is 0. The van der Waals surface area contributed by atoms with Crippen molar-refractivity contribution in [2.75, 3.05) is 23.8 Å². The minimum absolute atomic E-state index is 0.102. The van der Waals surface area contributed by atoms with Crippen molar-refractivity contribution in [1.82, 2.24) is 4.98 Å². The number of fused-ring (bicyclic) bond motifs is 1. The van der Waals surface area contributed by atoms with Crippen molar-refractivity contribution in [3.63, 3.8) is 0 Å². The Hall–Kier alpha value is -3.02. The molecular formula is C17H17N3O3. The standard InChI is InChI=1S/C17H17N3O3/c1-2-23-16(21)10-19-12-7-11(18-9-12)8-14-13-5-3-4-6-15(13)20-17(14)22/h3-9,18-19H,2,10H2,1H3,(H,20,22)/b14-8-. The molecule has 6 nitrogen and oxygen atoms in total. The molecule has 1 amide bonds. The maximum absolute atomic E-state index is 12.1. The molecule has 3 N–H and O–H groups in total. The molecule has 0 atom stereocenters. The van der Waals surface area contributed by atoms with E-state index in [1.165, 1.54) is 0 Å². The molecule has 0 radical (unpaired) electrons. The molecule has 1 aliphatic heterocycles. The van der Waals surface area contributed by atoms with Crippen LogP contribution in [-0.2, 0) is 14.3 Å². The lowest BCUT2D eigenvalue weighted by molar-refractivity contribution is -0.140. The number of aromatic nitrogens is 1. The van der Waals surface area contributed by atoms with Crippen molar-refractivity contribution in [2.24, 2.45) is 0 Å². The third-order valence-corrected chi connectivity index (χ3v) is 3.46. The summed E-state index contributed by atoms with van der Waals surface area (Å²) in [6.07, 6.45) is 3.53. The number of benzene rings is 1. The average Bonchev–Trinajstić information content (AvgIpc) is 3.11. The number of para-hydroxylation sites is 1. The number of hydrogen-bond donors (Lipinski definition) is 3. The third kappa shape index (κ3) is 3.26. The normalized spacial score (nSPS) is 14.5. The zero-order valence-electron chi connectivity index (χ0n) is 12.7. The monoisotopic (exact) mass is 311 g/mol. The summed E-state index contributed by atoms with van der Waals surface area (Å²) in [6, 6.07) is 9.39. The third-order valence-electron chi connectivity index (χ3n) is 3.46. The lowest BCUT2D eigenvalue weighted by Crippen LogP contribution is -2.16. The van der Waals surface area contributed by atoms with Crippen LogP contribution in [0.1, 0.15) is 18.2 Å². The summed E-state index contributed by atoms with van der Waals surface area (Å²) in [5.74, 6) is -0.431. The molecule has 23 heavy (non-hydrogen) atoms. The predicted octanol–water partition coefficient (Wildman–Crippen LogP) is 2.48. The fourth-order valence-electron chi connectivity index (χ4n) is 2.42. The van der Waals surface area contributed by atoms with Crippen molar-refractivity contribution in [3.05, 3.63) is 47.8 Å². The molecule has 0 spiro atoms. The molecule has 0 fully saturated rings. The van der Waals surface area contributed by atoms with Crippen molar-refractivity contribution < 1.29 is 14.3 Å². The molecule has 0 saturated carbocycles. The molecule has 1 aromatic heterocycles. The Morgan fingerprint density at radius 3 is 3.00 bits per heavy atom. The van der Waals surface area contributed by atoms with Gasteiger partial charge in [0.1, 0.15) is 6.54 Å². The molecular weight excluding hydrogens is 294 g/mol. The smallest absolute Gasteiger partial charge is 0.325 e. The molecule has 6 heteroatoms. The van der Waals surface area contributed by atoms with Crippen LogP contribution in [0.25, 0.3) is 11.6 Å². The number of hydrogen-bond acceptors (Lipinski definition) is 4. The van der Waals surface area contributed by atoms with Gasteiger partial charge in [-0.15, -0.1) is 0 Å². The van der Waals surface area contributed by atoms with Gasteiger partial charge in [0.15, 0.2) is 0 Å². The van der Waals surface area contributed by atoms with Crippen LogP contribution < -0.4 is 10.6 Å². The zero-order chi connectivity index (χ0) is 16.2. The van der Waals surface area contributed by atoms with E-state index in [1.54, 1.807) is 19.2 Å². The number of amides is 1. The van der Waals surface area contributed by atoms with Crippen LogP contribution in [0.4, 0.5) is 11.4 Å². The topological polar surface area (TPSA) is 83.2 Å². The molecule has 0 unspecified atom stereocenters. The number of ether oxygens (including phenoxy) is 1. The Kier molecular flexibility index (Phi) is 4.14. The number of carbonyl (C=O) groups excluding carboxylic acids is 2. The van der Waals surface area contributed by atoms with Crippen LogP contribution in [0.2, 0.25) is 0 Å². The summed E-state index contributed by atoms with van der Waals surface area (Å²) in [5.41, 5.74) is 3.85.